The molecule has 144 valence electrons. The van der Waals surface area contributed by atoms with Crippen molar-refractivity contribution in [3.8, 4) is 0 Å². The van der Waals surface area contributed by atoms with E-state index in [-0.39, 0.29) is 97.8 Å². The molecule has 0 spiro atoms. The van der Waals surface area contributed by atoms with Crippen LogP contribution in [0.25, 0.3) is 0 Å². The number of nitrogens with zero attached hydrogens (tertiary/aromatic N) is 2. The zero-order chi connectivity index (χ0) is 14.3. The van der Waals surface area contributed by atoms with Gasteiger partial charge in [0, 0.05) is 93.3 Å². The summed E-state index contributed by atoms with van der Waals surface area (Å²) in [6, 6.07) is 0. The van der Waals surface area contributed by atoms with Gasteiger partial charge < -0.3 is 0 Å². The minimum absolute atomic E-state index is 0. The van der Waals surface area contributed by atoms with Crippen LogP contribution in [-0.2, 0) is 0 Å². The van der Waals surface area contributed by atoms with Gasteiger partial charge in [-0.2, -0.15) is 10.2 Å². The zero-order valence-corrected chi connectivity index (χ0v) is 15.7. The molecule has 0 N–H and O–H groups in total. The molecule has 0 radical (unpaired) electrons. The Labute approximate surface area is 204 Å². The summed E-state index contributed by atoms with van der Waals surface area (Å²) in [6.07, 6.45) is 3.53. The fourth-order valence-corrected chi connectivity index (χ4v) is 0.612. The van der Waals surface area contributed by atoms with E-state index >= 15 is 0 Å². The van der Waals surface area contributed by atoms with E-state index in [4.69, 9.17) is 0 Å². The maximum atomic E-state index is 3.82. The first-order valence-corrected chi connectivity index (χ1v) is 7.04. The van der Waals surface area contributed by atoms with Gasteiger partial charge in [-0.25, -0.2) is 0 Å². The number of hydrogen-bond donors (Lipinski definition) is 0. The molecule has 1 aliphatic heterocycles. The SMILES string of the molecule is C.C.C.CC.CC1=NN=C(C)C1.CCC.CCC(C)C.[Ar].[Ar]. The summed E-state index contributed by atoms with van der Waals surface area (Å²) in [5.74, 6) is 0.884. The van der Waals surface area contributed by atoms with E-state index in [1.165, 1.54) is 12.8 Å². The predicted molar refractivity (Wildman–Crippen MR) is 103 cm³/mol. The molecular formula is C18H46Ar2N2. The van der Waals surface area contributed by atoms with Crippen molar-refractivity contribution in [1.29, 1.82) is 0 Å². The molecule has 0 aliphatic carbocycles. The van der Waals surface area contributed by atoms with Crippen molar-refractivity contribution in [2.45, 2.75) is 104 Å². The van der Waals surface area contributed by atoms with Crippen LogP contribution in [0.1, 0.15) is 104 Å². The second-order valence-corrected chi connectivity index (χ2v) is 4.36. The molecule has 0 fully saturated rings. The average Bonchev–Trinajstić information content (AvgIpc) is 2.67. The third kappa shape index (κ3) is 57.5. The molecule has 1 aliphatic rings. The molecule has 1 rings (SSSR count). The van der Waals surface area contributed by atoms with Crippen molar-refractivity contribution in [2.24, 2.45) is 16.1 Å². The Kier molecular flexibility index (Phi) is 97.9. The molecule has 0 saturated carbocycles. The summed E-state index contributed by atoms with van der Waals surface area (Å²) in [4.78, 5) is 0. The molecule has 0 aromatic rings. The van der Waals surface area contributed by atoms with Crippen molar-refractivity contribution in [1.82, 2.24) is 0 Å². The second-order valence-electron chi connectivity index (χ2n) is 4.36. The van der Waals surface area contributed by atoms with Gasteiger partial charge in [0.25, 0.3) is 0 Å². The standard InChI is InChI=1S/C5H8N2.C5H12.C3H8.C2H6.3CH4.2Ar/c1-4-3-5(2)7-6-4;1-4-5(2)3;1-3-2;1-2;;;;;/h3H2,1-2H3;5H,4H2,1-3H3;3H2,1-2H3;1-2H3;3*1H4;;. The molecule has 22 heavy (non-hydrogen) atoms. The topological polar surface area (TPSA) is 24.7 Å². The Morgan fingerprint density at radius 1 is 0.818 bits per heavy atom. The van der Waals surface area contributed by atoms with Crippen LogP contribution in [0.5, 0.6) is 0 Å². The average molecular weight is 370 g/mol. The Morgan fingerprint density at radius 3 is 1.05 bits per heavy atom. The summed E-state index contributed by atoms with van der Waals surface area (Å²) < 4.78 is 0. The van der Waals surface area contributed by atoms with Gasteiger partial charge in [0.15, 0.2) is 0 Å². The van der Waals surface area contributed by atoms with Crippen LogP contribution in [0.2, 0.25) is 0 Å². The van der Waals surface area contributed by atoms with Crippen LogP contribution in [-0.4, -0.2) is 11.4 Å². The van der Waals surface area contributed by atoms with E-state index in [0.29, 0.717) is 0 Å². The minimum Gasteiger partial charge on any atom is -0.160 e. The first-order valence-electron chi connectivity index (χ1n) is 7.04. The summed E-state index contributed by atoms with van der Waals surface area (Å²) in [6.45, 7) is 18.9. The number of rotatable bonds is 1. The summed E-state index contributed by atoms with van der Waals surface area (Å²) in [5.41, 5.74) is 2.25. The molecule has 0 atom stereocenters. The van der Waals surface area contributed by atoms with Crippen molar-refractivity contribution >= 4 is 11.4 Å². The first kappa shape index (κ1) is 49.6. The largest absolute Gasteiger partial charge is 0.160 e. The molecular weight excluding hydrogens is 324 g/mol. The van der Waals surface area contributed by atoms with E-state index in [1.54, 1.807) is 0 Å². The van der Waals surface area contributed by atoms with E-state index in [0.717, 1.165) is 23.8 Å². The molecule has 0 aromatic heterocycles. The molecule has 2 nitrogen and oxygen atoms in total. The summed E-state index contributed by atoms with van der Waals surface area (Å²) >= 11 is 0. The van der Waals surface area contributed by atoms with Crippen LogP contribution in [0.4, 0.5) is 0 Å². The maximum Gasteiger partial charge on any atom is 0.0431 e. The van der Waals surface area contributed by atoms with Crippen LogP contribution in [0.3, 0.4) is 0 Å². The van der Waals surface area contributed by atoms with E-state index in [2.05, 4.69) is 44.8 Å². The number of hydrogen-bond acceptors (Lipinski definition) is 2. The summed E-state index contributed by atoms with van der Waals surface area (Å²) in [7, 11) is 0. The van der Waals surface area contributed by atoms with E-state index in [1.807, 2.05) is 27.7 Å². The summed E-state index contributed by atoms with van der Waals surface area (Å²) in [5, 5.41) is 7.64. The molecule has 0 amide bonds. The zero-order valence-electron chi connectivity index (χ0n) is 14.3. The molecule has 0 saturated heterocycles. The fraction of sp³-hybridized carbons (Fsp3) is 0.889. The Hall–Kier alpha value is 1.86. The van der Waals surface area contributed by atoms with Gasteiger partial charge in [-0.3, -0.25) is 0 Å². The van der Waals surface area contributed by atoms with Gasteiger partial charge in [-0.1, -0.05) is 83.6 Å². The van der Waals surface area contributed by atoms with Crippen molar-refractivity contribution in [2.75, 3.05) is 0 Å². The van der Waals surface area contributed by atoms with Gasteiger partial charge in [0.05, 0.1) is 0 Å². The van der Waals surface area contributed by atoms with Crippen molar-refractivity contribution < 1.29 is 75.5 Å². The monoisotopic (exact) mass is 370 g/mol. The van der Waals surface area contributed by atoms with Crippen molar-refractivity contribution in [3.63, 3.8) is 0 Å². The van der Waals surface area contributed by atoms with Gasteiger partial charge >= 0.3 is 0 Å². The Morgan fingerprint density at radius 2 is 1.00 bits per heavy atom. The van der Waals surface area contributed by atoms with Gasteiger partial charge in [0.2, 0.25) is 0 Å². The van der Waals surface area contributed by atoms with E-state index < -0.39 is 0 Å². The molecule has 1 heterocycles. The van der Waals surface area contributed by atoms with Crippen LogP contribution < -0.4 is 0 Å². The Bertz CT molecular complexity index is 185. The molecule has 0 aromatic carbocycles. The Balaban J connectivity index is -0.0000000200. The van der Waals surface area contributed by atoms with E-state index in [9.17, 15) is 0 Å². The third-order valence-electron chi connectivity index (χ3n) is 1.72. The normalized spacial score (nSPS) is 9.36. The minimum atomic E-state index is 0. The third-order valence-corrected chi connectivity index (χ3v) is 1.72. The molecule has 0 unspecified atom stereocenters. The smallest absolute Gasteiger partial charge is 0.0431 e. The molecule has 4 heteroatoms. The van der Waals surface area contributed by atoms with Gasteiger partial charge in [-0.15, -0.1) is 0 Å². The first-order chi connectivity index (χ1) is 7.97. The maximum absolute atomic E-state index is 3.82. The van der Waals surface area contributed by atoms with Gasteiger partial charge in [0.1, 0.15) is 0 Å². The van der Waals surface area contributed by atoms with Crippen LogP contribution in [0, 0.1) is 81.4 Å². The van der Waals surface area contributed by atoms with Crippen molar-refractivity contribution in [3.05, 3.63) is 0 Å². The second kappa shape index (κ2) is 43.4. The molecule has 0 bridgehead atoms. The quantitative estimate of drug-likeness (QED) is 0.453. The predicted octanol–water partition coefficient (Wildman–Crippen LogP) is 7.63. The van der Waals surface area contributed by atoms with Crippen LogP contribution in [0.15, 0.2) is 10.2 Å². The van der Waals surface area contributed by atoms with Gasteiger partial charge in [-0.05, 0) is 19.8 Å². The fourth-order valence-electron chi connectivity index (χ4n) is 0.612. The van der Waals surface area contributed by atoms with Crippen LogP contribution >= 0.6 is 0 Å².